The fraction of sp³-hybridized carbons (Fsp3) is 0.600. The van der Waals surface area contributed by atoms with E-state index in [-0.39, 0.29) is 0 Å². The zero-order valence-corrected chi connectivity index (χ0v) is 9.50. The van der Waals surface area contributed by atoms with Crippen molar-refractivity contribution in [3.05, 3.63) is 11.3 Å². The molecule has 0 fully saturated rings. The largest absolute Gasteiger partial charge is 0.389 e. The topological polar surface area (TPSA) is 73.9 Å². The van der Waals surface area contributed by atoms with Crippen molar-refractivity contribution in [2.75, 3.05) is 11.9 Å². The molecule has 0 spiro atoms. The SMILES string of the molecule is Cc1nn(C)c(NCC(C)(C)O)c1C#N. The van der Waals surface area contributed by atoms with E-state index in [1.54, 1.807) is 32.5 Å². The molecule has 0 bridgehead atoms. The summed E-state index contributed by atoms with van der Waals surface area (Å²) in [6.45, 7) is 5.57. The molecule has 0 unspecified atom stereocenters. The van der Waals surface area contributed by atoms with Crippen molar-refractivity contribution in [3.8, 4) is 6.07 Å². The third-order valence-corrected chi connectivity index (χ3v) is 2.02. The van der Waals surface area contributed by atoms with Crippen LogP contribution in [0.4, 0.5) is 5.82 Å². The van der Waals surface area contributed by atoms with Gasteiger partial charge in [-0.3, -0.25) is 4.68 Å². The minimum absolute atomic E-state index is 0.376. The number of nitrogens with zero attached hydrogens (tertiary/aromatic N) is 3. The first-order chi connectivity index (χ1) is 6.85. The van der Waals surface area contributed by atoms with Crippen LogP contribution in [0.5, 0.6) is 0 Å². The monoisotopic (exact) mass is 208 g/mol. The van der Waals surface area contributed by atoms with Gasteiger partial charge in [0, 0.05) is 13.6 Å². The van der Waals surface area contributed by atoms with Gasteiger partial charge in [0.1, 0.15) is 17.5 Å². The Hall–Kier alpha value is -1.54. The lowest BCUT2D eigenvalue weighted by Gasteiger charge is -2.18. The Balaban J connectivity index is 2.91. The molecule has 0 saturated heterocycles. The van der Waals surface area contributed by atoms with Crippen LogP contribution >= 0.6 is 0 Å². The fourth-order valence-electron chi connectivity index (χ4n) is 1.29. The second-order valence-electron chi connectivity index (χ2n) is 4.21. The minimum Gasteiger partial charge on any atom is -0.389 e. The van der Waals surface area contributed by atoms with Crippen LogP contribution in [0.3, 0.4) is 0 Å². The Labute approximate surface area is 89.3 Å². The van der Waals surface area contributed by atoms with Gasteiger partial charge in [-0.05, 0) is 20.8 Å². The number of anilines is 1. The van der Waals surface area contributed by atoms with Gasteiger partial charge >= 0.3 is 0 Å². The standard InChI is InChI=1S/C10H16N4O/c1-7-8(5-11)9(14(4)13-7)12-6-10(2,3)15/h12,15H,6H2,1-4H3. The molecule has 0 aliphatic rings. The fourth-order valence-corrected chi connectivity index (χ4v) is 1.29. The van der Waals surface area contributed by atoms with Gasteiger partial charge in [0.15, 0.2) is 0 Å². The summed E-state index contributed by atoms with van der Waals surface area (Å²) in [7, 11) is 1.76. The maximum absolute atomic E-state index is 9.57. The van der Waals surface area contributed by atoms with Crippen LogP contribution in [-0.2, 0) is 7.05 Å². The van der Waals surface area contributed by atoms with Gasteiger partial charge in [-0.2, -0.15) is 10.4 Å². The number of hydrogen-bond acceptors (Lipinski definition) is 4. The Morgan fingerprint density at radius 1 is 1.60 bits per heavy atom. The highest BCUT2D eigenvalue weighted by Gasteiger charge is 2.17. The molecule has 0 aliphatic carbocycles. The summed E-state index contributed by atoms with van der Waals surface area (Å²) in [6.07, 6.45) is 0. The molecule has 1 aromatic rings. The third kappa shape index (κ3) is 2.70. The molecule has 2 N–H and O–H groups in total. The zero-order chi connectivity index (χ0) is 11.6. The van der Waals surface area contributed by atoms with E-state index < -0.39 is 5.60 Å². The van der Waals surface area contributed by atoms with E-state index in [1.165, 1.54) is 0 Å². The van der Waals surface area contributed by atoms with Crippen LogP contribution in [0.1, 0.15) is 25.1 Å². The molecule has 5 heteroatoms. The highest BCUT2D eigenvalue weighted by Crippen LogP contribution is 2.17. The van der Waals surface area contributed by atoms with Crippen molar-refractivity contribution in [2.45, 2.75) is 26.4 Å². The summed E-state index contributed by atoms with van der Waals surface area (Å²) in [5.74, 6) is 0.650. The molecular weight excluding hydrogens is 192 g/mol. The predicted octanol–water partition coefficient (Wildman–Crippen LogP) is 0.783. The maximum Gasteiger partial charge on any atom is 0.142 e. The van der Waals surface area contributed by atoms with Crippen molar-refractivity contribution in [1.82, 2.24) is 9.78 Å². The lowest BCUT2D eigenvalue weighted by Crippen LogP contribution is -2.30. The number of aromatic nitrogens is 2. The smallest absolute Gasteiger partial charge is 0.142 e. The van der Waals surface area contributed by atoms with Gasteiger partial charge in [-0.25, -0.2) is 0 Å². The van der Waals surface area contributed by atoms with Gasteiger partial charge in [0.05, 0.1) is 11.3 Å². The highest BCUT2D eigenvalue weighted by atomic mass is 16.3. The molecule has 0 atom stereocenters. The molecule has 0 radical (unpaired) electrons. The molecule has 1 aromatic heterocycles. The van der Waals surface area contributed by atoms with E-state index in [1.807, 2.05) is 0 Å². The molecule has 0 aliphatic heterocycles. The van der Waals surface area contributed by atoms with Crippen molar-refractivity contribution in [3.63, 3.8) is 0 Å². The Bertz CT molecular complexity index is 395. The van der Waals surface area contributed by atoms with Gasteiger partial charge in [-0.15, -0.1) is 0 Å². The number of nitriles is 1. The van der Waals surface area contributed by atoms with Crippen LogP contribution in [0.2, 0.25) is 0 Å². The zero-order valence-electron chi connectivity index (χ0n) is 9.50. The number of hydrogen-bond donors (Lipinski definition) is 2. The second-order valence-corrected chi connectivity index (χ2v) is 4.21. The average molecular weight is 208 g/mol. The summed E-state index contributed by atoms with van der Waals surface area (Å²) < 4.78 is 1.61. The summed E-state index contributed by atoms with van der Waals surface area (Å²) >= 11 is 0. The van der Waals surface area contributed by atoms with Crippen molar-refractivity contribution >= 4 is 5.82 Å². The van der Waals surface area contributed by atoms with Crippen LogP contribution in [0.25, 0.3) is 0 Å². The summed E-state index contributed by atoms with van der Waals surface area (Å²) in [5.41, 5.74) is 0.408. The van der Waals surface area contributed by atoms with Crippen molar-refractivity contribution in [1.29, 1.82) is 5.26 Å². The molecule has 82 valence electrons. The summed E-state index contributed by atoms with van der Waals surface area (Å²) in [5, 5.41) is 25.7. The van der Waals surface area contributed by atoms with Gasteiger partial charge in [0.25, 0.3) is 0 Å². The van der Waals surface area contributed by atoms with Crippen LogP contribution in [0, 0.1) is 18.3 Å². The van der Waals surface area contributed by atoms with Gasteiger partial charge < -0.3 is 10.4 Å². The lowest BCUT2D eigenvalue weighted by molar-refractivity contribution is 0.0943. The average Bonchev–Trinajstić information content (AvgIpc) is 2.35. The van der Waals surface area contributed by atoms with Gasteiger partial charge in [0.2, 0.25) is 0 Å². The van der Waals surface area contributed by atoms with E-state index in [4.69, 9.17) is 5.26 Å². The van der Waals surface area contributed by atoms with Gasteiger partial charge in [-0.1, -0.05) is 0 Å². The number of aryl methyl sites for hydroxylation is 2. The second kappa shape index (κ2) is 3.91. The van der Waals surface area contributed by atoms with Crippen LogP contribution in [0.15, 0.2) is 0 Å². The first kappa shape index (κ1) is 11.5. The molecule has 15 heavy (non-hydrogen) atoms. The molecule has 0 amide bonds. The molecule has 0 saturated carbocycles. The summed E-state index contributed by atoms with van der Waals surface area (Å²) in [6, 6.07) is 2.09. The van der Waals surface area contributed by atoms with E-state index in [2.05, 4.69) is 16.5 Å². The molecule has 0 aromatic carbocycles. The van der Waals surface area contributed by atoms with E-state index in [0.717, 1.165) is 0 Å². The minimum atomic E-state index is -0.815. The van der Waals surface area contributed by atoms with Crippen LogP contribution in [-0.4, -0.2) is 27.0 Å². The van der Waals surface area contributed by atoms with E-state index in [0.29, 0.717) is 23.6 Å². The van der Waals surface area contributed by atoms with Crippen molar-refractivity contribution in [2.24, 2.45) is 7.05 Å². The number of nitrogens with one attached hydrogen (secondary N) is 1. The Morgan fingerprint density at radius 2 is 2.20 bits per heavy atom. The number of aliphatic hydroxyl groups is 1. The van der Waals surface area contributed by atoms with E-state index >= 15 is 0 Å². The molecular formula is C10H16N4O. The van der Waals surface area contributed by atoms with E-state index in [9.17, 15) is 5.11 Å². The summed E-state index contributed by atoms with van der Waals surface area (Å²) in [4.78, 5) is 0. The number of rotatable bonds is 3. The Morgan fingerprint density at radius 3 is 2.67 bits per heavy atom. The quantitative estimate of drug-likeness (QED) is 0.770. The maximum atomic E-state index is 9.57. The normalized spacial score (nSPS) is 11.2. The van der Waals surface area contributed by atoms with Crippen LogP contribution < -0.4 is 5.32 Å². The predicted molar refractivity (Wildman–Crippen MR) is 57.4 cm³/mol. The highest BCUT2D eigenvalue weighted by molar-refractivity contribution is 5.55. The first-order valence-corrected chi connectivity index (χ1v) is 4.75. The first-order valence-electron chi connectivity index (χ1n) is 4.75. The molecule has 1 rings (SSSR count). The van der Waals surface area contributed by atoms with Crippen molar-refractivity contribution < 1.29 is 5.11 Å². The Kier molecular flexibility index (Phi) is 3.01. The molecule has 5 nitrogen and oxygen atoms in total. The third-order valence-electron chi connectivity index (χ3n) is 2.02. The molecule has 1 heterocycles. The lowest BCUT2D eigenvalue weighted by atomic mass is 10.1.